The Labute approximate surface area is 138 Å². The van der Waals surface area contributed by atoms with Gasteiger partial charge in [0, 0.05) is 49.8 Å². The quantitative estimate of drug-likeness (QED) is 0.822. The minimum Gasteiger partial charge on any atom is -0.474 e. The molecule has 1 atom stereocenters. The molecule has 0 aromatic carbocycles. The van der Waals surface area contributed by atoms with Gasteiger partial charge >= 0.3 is 0 Å². The molecule has 23 heavy (non-hydrogen) atoms. The molecule has 124 valence electrons. The van der Waals surface area contributed by atoms with Crippen LogP contribution in [0.2, 0.25) is 0 Å². The SMILES string of the molecule is Cc1cccc(OC2CCN([C@H](C)CCn3cccn3)CC2)n1. The van der Waals surface area contributed by atoms with E-state index in [1.807, 2.05) is 48.3 Å². The van der Waals surface area contributed by atoms with E-state index in [1.54, 1.807) is 0 Å². The summed E-state index contributed by atoms with van der Waals surface area (Å²) in [4.78, 5) is 7.00. The summed E-state index contributed by atoms with van der Waals surface area (Å²) in [6.45, 7) is 7.48. The number of hydrogen-bond donors (Lipinski definition) is 0. The molecule has 1 fully saturated rings. The Morgan fingerprint density at radius 3 is 2.78 bits per heavy atom. The summed E-state index contributed by atoms with van der Waals surface area (Å²) in [6, 6.07) is 8.51. The minimum atomic E-state index is 0.291. The number of ether oxygens (including phenoxy) is 1. The van der Waals surface area contributed by atoms with Crippen LogP contribution in [-0.2, 0) is 6.54 Å². The molecular weight excluding hydrogens is 288 g/mol. The van der Waals surface area contributed by atoms with Gasteiger partial charge in [-0.1, -0.05) is 6.07 Å². The third-order valence-electron chi connectivity index (χ3n) is 4.59. The number of pyridine rings is 1. The highest BCUT2D eigenvalue weighted by atomic mass is 16.5. The van der Waals surface area contributed by atoms with E-state index in [9.17, 15) is 0 Å². The van der Waals surface area contributed by atoms with E-state index in [-0.39, 0.29) is 0 Å². The van der Waals surface area contributed by atoms with Crippen LogP contribution in [0.4, 0.5) is 0 Å². The van der Waals surface area contributed by atoms with Crippen LogP contribution >= 0.6 is 0 Å². The first-order valence-electron chi connectivity index (χ1n) is 8.52. The molecule has 2 aromatic rings. The van der Waals surface area contributed by atoms with Gasteiger partial charge in [-0.05, 0) is 45.2 Å². The third-order valence-corrected chi connectivity index (χ3v) is 4.59. The van der Waals surface area contributed by atoms with Crippen molar-refractivity contribution in [3.8, 4) is 5.88 Å². The summed E-state index contributed by atoms with van der Waals surface area (Å²) in [5, 5.41) is 4.27. The number of hydrogen-bond acceptors (Lipinski definition) is 4. The molecule has 0 N–H and O–H groups in total. The molecule has 0 saturated carbocycles. The molecule has 2 aromatic heterocycles. The van der Waals surface area contributed by atoms with E-state index in [2.05, 4.69) is 21.9 Å². The monoisotopic (exact) mass is 314 g/mol. The zero-order chi connectivity index (χ0) is 16.1. The fraction of sp³-hybridized carbons (Fsp3) is 0.556. The maximum atomic E-state index is 6.03. The van der Waals surface area contributed by atoms with E-state index in [0.29, 0.717) is 12.1 Å². The summed E-state index contributed by atoms with van der Waals surface area (Å²) in [5.74, 6) is 0.759. The van der Waals surface area contributed by atoms with E-state index >= 15 is 0 Å². The fourth-order valence-electron chi connectivity index (χ4n) is 3.12. The van der Waals surface area contributed by atoms with Crippen molar-refractivity contribution in [1.82, 2.24) is 19.7 Å². The molecule has 5 nitrogen and oxygen atoms in total. The zero-order valence-corrected chi connectivity index (χ0v) is 14.1. The lowest BCUT2D eigenvalue weighted by Gasteiger charge is -2.36. The number of aromatic nitrogens is 3. The van der Waals surface area contributed by atoms with Crippen LogP contribution in [0.3, 0.4) is 0 Å². The Bertz CT molecular complexity index is 591. The molecule has 0 spiro atoms. The number of aryl methyl sites for hydroxylation is 2. The Balaban J connectivity index is 1.42. The van der Waals surface area contributed by atoms with Gasteiger partial charge in [-0.2, -0.15) is 5.10 Å². The molecule has 1 aliphatic heterocycles. The van der Waals surface area contributed by atoms with Crippen molar-refractivity contribution in [2.24, 2.45) is 0 Å². The van der Waals surface area contributed by atoms with E-state index in [0.717, 1.165) is 50.5 Å². The van der Waals surface area contributed by atoms with Crippen LogP contribution in [0.15, 0.2) is 36.7 Å². The van der Waals surface area contributed by atoms with Crippen LogP contribution in [0.25, 0.3) is 0 Å². The summed E-state index contributed by atoms with van der Waals surface area (Å²) in [7, 11) is 0. The fourth-order valence-corrected chi connectivity index (χ4v) is 3.12. The maximum Gasteiger partial charge on any atom is 0.213 e. The topological polar surface area (TPSA) is 43.2 Å². The van der Waals surface area contributed by atoms with Crippen LogP contribution in [0.1, 0.15) is 31.9 Å². The summed E-state index contributed by atoms with van der Waals surface area (Å²) >= 11 is 0. The van der Waals surface area contributed by atoms with Crippen molar-refractivity contribution in [3.63, 3.8) is 0 Å². The number of nitrogens with zero attached hydrogens (tertiary/aromatic N) is 4. The van der Waals surface area contributed by atoms with Crippen LogP contribution in [-0.4, -0.2) is 44.9 Å². The third kappa shape index (κ3) is 4.55. The highest BCUT2D eigenvalue weighted by Crippen LogP contribution is 2.20. The van der Waals surface area contributed by atoms with E-state index in [4.69, 9.17) is 4.74 Å². The molecule has 0 unspecified atom stereocenters. The lowest BCUT2D eigenvalue weighted by atomic mass is 10.0. The molecule has 3 rings (SSSR count). The number of likely N-dealkylation sites (tertiary alicyclic amines) is 1. The van der Waals surface area contributed by atoms with Crippen molar-refractivity contribution in [3.05, 3.63) is 42.4 Å². The minimum absolute atomic E-state index is 0.291. The van der Waals surface area contributed by atoms with Crippen LogP contribution in [0, 0.1) is 6.92 Å². The Kier molecular flexibility index (Phi) is 5.28. The second kappa shape index (κ2) is 7.59. The molecule has 3 heterocycles. The van der Waals surface area contributed by atoms with Gasteiger partial charge in [-0.25, -0.2) is 4.98 Å². The lowest BCUT2D eigenvalue weighted by Crippen LogP contribution is -2.43. The molecule has 0 amide bonds. The first kappa shape index (κ1) is 16.0. The number of rotatable bonds is 6. The Morgan fingerprint density at radius 2 is 2.09 bits per heavy atom. The zero-order valence-electron chi connectivity index (χ0n) is 14.1. The summed E-state index contributed by atoms with van der Waals surface area (Å²) in [6.07, 6.45) is 7.43. The Morgan fingerprint density at radius 1 is 1.26 bits per heavy atom. The van der Waals surface area contributed by atoms with Crippen molar-refractivity contribution in [1.29, 1.82) is 0 Å². The molecule has 0 aliphatic carbocycles. The molecular formula is C18H26N4O. The van der Waals surface area contributed by atoms with Gasteiger partial charge in [0.2, 0.25) is 5.88 Å². The molecule has 1 saturated heterocycles. The molecule has 1 aliphatic rings. The van der Waals surface area contributed by atoms with Gasteiger partial charge in [0.1, 0.15) is 6.10 Å². The summed E-state index contributed by atoms with van der Waals surface area (Å²) < 4.78 is 8.04. The van der Waals surface area contributed by atoms with Gasteiger partial charge in [0.25, 0.3) is 0 Å². The van der Waals surface area contributed by atoms with Crippen LogP contribution in [0.5, 0.6) is 5.88 Å². The highest BCUT2D eigenvalue weighted by Gasteiger charge is 2.24. The standard InChI is InChI=1S/C18H26N4O/c1-15-5-3-6-18(20-15)23-17-8-12-21(13-9-17)16(2)7-14-22-11-4-10-19-22/h3-6,10-11,16-17H,7-9,12-14H2,1-2H3/t16-/m1/s1. The highest BCUT2D eigenvalue weighted by molar-refractivity contribution is 5.15. The number of piperidine rings is 1. The molecule has 0 radical (unpaired) electrons. The van der Waals surface area contributed by atoms with Crippen molar-refractivity contribution < 1.29 is 4.74 Å². The van der Waals surface area contributed by atoms with Crippen molar-refractivity contribution >= 4 is 0 Å². The molecule has 5 heteroatoms. The summed E-state index contributed by atoms with van der Waals surface area (Å²) in [5.41, 5.74) is 1.01. The van der Waals surface area contributed by atoms with Gasteiger partial charge in [-0.15, -0.1) is 0 Å². The first-order chi connectivity index (χ1) is 11.2. The average Bonchev–Trinajstić information content (AvgIpc) is 3.07. The van der Waals surface area contributed by atoms with Crippen LogP contribution < -0.4 is 4.74 Å². The smallest absolute Gasteiger partial charge is 0.213 e. The normalized spacial score (nSPS) is 18.0. The predicted molar refractivity (Wildman–Crippen MR) is 90.5 cm³/mol. The second-order valence-electron chi connectivity index (χ2n) is 6.38. The van der Waals surface area contributed by atoms with Gasteiger partial charge in [-0.3, -0.25) is 4.68 Å². The lowest BCUT2D eigenvalue weighted by molar-refractivity contribution is 0.0732. The molecule has 0 bridgehead atoms. The Hall–Kier alpha value is -1.88. The van der Waals surface area contributed by atoms with Crippen molar-refractivity contribution in [2.75, 3.05) is 13.1 Å². The first-order valence-corrected chi connectivity index (χ1v) is 8.52. The van der Waals surface area contributed by atoms with Crippen molar-refractivity contribution in [2.45, 2.75) is 51.8 Å². The second-order valence-corrected chi connectivity index (χ2v) is 6.38. The van der Waals surface area contributed by atoms with Gasteiger partial charge in [0.05, 0.1) is 0 Å². The van der Waals surface area contributed by atoms with Gasteiger partial charge in [0.15, 0.2) is 0 Å². The van der Waals surface area contributed by atoms with E-state index < -0.39 is 0 Å². The average molecular weight is 314 g/mol. The maximum absolute atomic E-state index is 6.03. The predicted octanol–water partition coefficient (Wildman–Crippen LogP) is 2.91. The largest absolute Gasteiger partial charge is 0.474 e. The van der Waals surface area contributed by atoms with E-state index in [1.165, 1.54) is 0 Å². The van der Waals surface area contributed by atoms with Gasteiger partial charge < -0.3 is 9.64 Å².